The van der Waals surface area contributed by atoms with Crippen LogP contribution in [-0.2, 0) is 4.74 Å². The Morgan fingerprint density at radius 3 is 2.75 bits per heavy atom. The zero-order valence-electron chi connectivity index (χ0n) is 19.5. The van der Waals surface area contributed by atoms with Crippen molar-refractivity contribution < 1.29 is 19.0 Å². The molecule has 1 saturated carbocycles. The number of carbonyl (C=O) groups excluding carboxylic acids is 1. The molecule has 0 radical (unpaired) electrons. The molecular weight excluding hydrogens is 404 g/mol. The van der Waals surface area contributed by atoms with E-state index in [1.165, 1.54) is 25.7 Å². The number of hydrogen-bond acceptors (Lipinski definition) is 5. The van der Waals surface area contributed by atoms with Crippen molar-refractivity contribution >= 4 is 6.09 Å². The van der Waals surface area contributed by atoms with E-state index in [1.54, 1.807) is 6.20 Å². The Hall–Kier alpha value is -2.76. The van der Waals surface area contributed by atoms with Gasteiger partial charge in [-0.2, -0.15) is 0 Å². The monoisotopic (exact) mass is 438 g/mol. The highest BCUT2D eigenvalue weighted by Gasteiger charge is 2.26. The second-order valence-corrected chi connectivity index (χ2v) is 9.92. The van der Waals surface area contributed by atoms with E-state index in [0.717, 1.165) is 34.6 Å². The second kappa shape index (κ2) is 9.39. The van der Waals surface area contributed by atoms with Crippen LogP contribution < -0.4 is 14.8 Å². The molecule has 1 aromatic heterocycles. The van der Waals surface area contributed by atoms with Gasteiger partial charge in [-0.3, -0.25) is 4.98 Å². The van der Waals surface area contributed by atoms with E-state index in [0.29, 0.717) is 12.5 Å². The summed E-state index contributed by atoms with van der Waals surface area (Å²) in [4.78, 5) is 16.6. The molecule has 2 atom stereocenters. The molecule has 1 aliphatic carbocycles. The number of ether oxygens (including phenoxy) is 3. The molecule has 6 heteroatoms. The molecule has 6 nitrogen and oxygen atoms in total. The summed E-state index contributed by atoms with van der Waals surface area (Å²) in [6, 6.07) is 7.85. The Labute approximate surface area is 190 Å². The van der Waals surface area contributed by atoms with Crippen LogP contribution in [0.15, 0.2) is 36.7 Å². The Morgan fingerprint density at radius 1 is 1.22 bits per heavy atom. The van der Waals surface area contributed by atoms with Crippen LogP contribution in [0, 0.1) is 5.92 Å². The lowest BCUT2D eigenvalue weighted by Gasteiger charge is -2.27. The van der Waals surface area contributed by atoms with Gasteiger partial charge in [-0.05, 0) is 63.8 Å². The summed E-state index contributed by atoms with van der Waals surface area (Å²) in [5.74, 6) is 2.16. The Kier molecular flexibility index (Phi) is 6.58. The molecule has 1 aromatic carbocycles. The van der Waals surface area contributed by atoms with E-state index in [2.05, 4.69) is 10.3 Å². The Balaban J connectivity index is 1.44. The van der Waals surface area contributed by atoms with E-state index < -0.39 is 11.7 Å². The maximum absolute atomic E-state index is 12.4. The van der Waals surface area contributed by atoms with Gasteiger partial charge in [-0.15, -0.1) is 0 Å². The number of pyridine rings is 1. The van der Waals surface area contributed by atoms with Crippen LogP contribution in [0.25, 0.3) is 11.1 Å². The van der Waals surface area contributed by atoms with Gasteiger partial charge >= 0.3 is 6.09 Å². The number of carbonyl (C=O) groups is 1. The van der Waals surface area contributed by atoms with Crippen molar-refractivity contribution in [2.45, 2.75) is 77.5 Å². The standard InChI is InChI=1S/C26H34N2O4/c1-17-23-15-27-12-11-21(23)22-10-9-20(14-24(22)31-17)30-16-19(13-18-7-5-6-8-18)28-25(29)32-26(2,3)4/h9-12,14-15,17-19H,5-8,13,16H2,1-4H3,(H,28,29)/t17?,19-/m0/s1. The summed E-state index contributed by atoms with van der Waals surface area (Å²) in [5.41, 5.74) is 2.75. The first kappa shape index (κ1) is 22.4. The maximum Gasteiger partial charge on any atom is 0.407 e. The summed E-state index contributed by atoms with van der Waals surface area (Å²) < 4.78 is 17.7. The summed E-state index contributed by atoms with van der Waals surface area (Å²) in [6.07, 6.45) is 9.07. The molecule has 2 aromatic rings. The van der Waals surface area contributed by atoms with Gasteiger partial charge in [0.2, 0.25) is 0 Å². The van der Waals surface area contributed by atoms with Crippen LogP contribution in [0.1, 0.15) is 71.5 Å². The normalized spacial score (nSPS) is 18.8. The molecule has 0 spiro atoms. The van der Waals surface area contributed by atoms with Crippen molar-refractivity contribution in [3.05, 3.63) is 42.2 Å². The van der Waals surface area contributed by atoms with Gasteiger partial charge in [0.15, 0.2) is 0 Å². The third-order valence-electron chi connectivity index (χ3n) is 6.10. The smallest absolute Gasteiger partial charge is 0.407 e. The number of alkyl carbamates (subject to hydrolysis) is 1. The van der Waals surface area contributed by atoms with Gasteiger partial charge in [0.1, 0.15) is 29.8 Å². The van der Waals surface area contributed by atoms with Crippen LogP contribution >= 0.6 is 0 Å². The molecule has 1 amide bonds. The zero-order valence-corrected chi connectivity index (χ0v) is 19.5. The van der Waals surface area contributed by atoms with Crippen molar-refractivity contribution in [1.29, 1.82) is 0 Å². The van der Waals surface area contributed by atoms with Crippen molar-refractivity contribution in [1.82, 2.24) is 10.3 Å². The van der Waals surface area contributed by atoms with Crippen molar-refractivity contribution in [3.63, 3.8) is 0 Å². The number of aromatic nitrogens is 1. The SMILES string of the molecule is CC1Oc2cc(OC[C@H](CC3CCCC3)NC(=O)OC(C)(C)C)ccc2-c2ccncc21. The van der Waals surface area contributed by atoms with E-state index in [9.17, 15) is 4.79 Å². The van der Waals surface area contributed by atoms with E-state index in [-0.39, 0.29) is 12.1 Å². The fraction of sp³-hybridized carbons (Fsp3) is 0.538. The van der Waals surface area contributed by atoms with Crippen molar-refractivity contribution in [2.24, 2.45) is 5.92 Å². The fourth-order valence-electron chi connectivity index (χ4n) is 4.63. The van der Waals surface area contributed by atoms with Crippen LogP contribution in [0.2, 0.25) is 0 Å². The number of hydrogen-bond donors (Lipinski definition) is 1. The van der Waals surface area contributed by atoms with Gasteiger partial charge in [0, 0.05) is 29.6 Å². The first-order valence-corrected chi connectivity index (χ1v) is 11.7. The molecule has 1 fully saturated rings. The number of fused-ring (bicyclic) bond motifs is 3. The summed E-state index contributed by atoms with van der Waals surface area (Å²) in [6.45, 7) is 8.04. The number of benzene rings is 1. The van der Waals surface area contributed by atoms with E-state index >= 15 is 0 Å². The lowest BCUT2D eigenvalue weighted by Crippen LogP contribution is -2.43. The van der Waals surface area contributed by atoms with Gasteiger partial charge in [0.25, 0.3) is 0 Å². The molecule has 2 aliphatic rings. The Bertz CT molecular complexity index is 947. The quantitative estimate of drug-likeness (QED) is 0.594. The molecule has 4 rings (SSSR count). The molecule has 1 unspecified atom stereocenters. The molecule has 32 heavy (non-hydrogen) atoms. The zero-order chi connectivity index (χ0) is 22.7. The summed E-state index contributed by atoms with van der Waals surface area (Å²) in [7, 11) is 0. The molecule has 1 N–H and O–H groups in total. The maximum atomic E-state index is 12.4. The first-order chi connectivity index (χ1) is 15.3. The molecule has 0 bridgehead atoms. The topological polar surface area (TPSA) is 69.7 Å². The number of nitrogens with one attached hydrogen (secondary N) is 1. The van der Waals surface area contributed by atoms with Crippen molar-refractivity contribution in [2.75, 3.05) is 6.61 Å². The average molecular weight is 439 g/mol. The van der Waals surface area contributed by atoms with E-state index in [4.69, 9.17) is 14.2 Å². The van der Waals surface area contributed by atoms with Crippen LogP contribution in [0.5, 0.6) is 11.5 Å². The highest BCUT2D eigenvalue weighted by atomic mass is 16.6. The van der Waals surface area contributed by atoms with Gasteiger partial charge in [-0.1, -0.05) is 25.7 Å². The molecular formula is C26H34N2O4. The number of rotatable bonds is 6. The third-order valence-corrected chi connectivity index (χ3v) is 6.10. The number of amides is 1. The molecule has 172 valence electrons. The summed E-state index contributed by atoms with van der Waals surface area (Å²) in [5, 5.41) is 3.03. The van der Waals surface area contributed by atoms with Gasteiger partial charge in [-0.25, -0.2) is 4.79 Å². The fourth-order valence-corrected chi connectivity index (χ4v) is 4.63. The van der Waals surface area contributed by atoms with Crippen LogP contribution in [0.3, 0.4) is 0 Å². The second-order valence-electron chi connectivity index (χ2n) is 9.92. The number of nitrogens with zero attached hydrogens (tertiary/aromatic N) is 1. The summed E-state index contributed by atoms with van der Waals surface area (Å²) >= 11 is 0. The molecule has 2 heterocycles. The predicted molar refractivity (Wildman–Crippen MR) is 124 cm³/mol. The first-order valence-electron chi connectivity index (χ1n) is 11.7. The highest BCUT2D eigenvalue weighted by Crippen LogP contribution is 2.43. The predicted octanol–water partition coefficient (Wildman–Crippen LogP) is 6.05. The largest absolute Gasteiger partial charge is 0.491 e. The van der Waals surface area contributed by atoms with Gasteiger partial charge < -0.3 is 19.5 Å². The van der Waals surface area contributed by atoms with Crippen LogP contribution in [-0.4, -0.2) is 29.3 Å². The molecule has 1 aliphatic heterocycles. The highest BCUT2D eigenvalue weighted by molar-refractivity contribution is 5.76. The van der Waals surface area contributed by atoms with Crippen LogP contribution in [0.4, 0.5) is 4.79 Å². The van der Waals surface area contributed by atoms with Gasteiger partial charge in [0.05, 0.1) is 6.04 Å². The van der Waals surface area contributed by atoms with E-state index in [1.807, 2.05) is 58.2 Å². The minimum Gasteiger partial charge on any atom is -0.491 e. The minimum absolute atomic E-state index is 0.0644. The average Bonchev–Trinajstić information content (AvgIpc) is 3.24. The third kappa shape index (κ3) is 5.53. The molecule has 0 saturated heterocycles. The Morgan fingerprint density at radius 2 is 2.00 bits per heavy atom. The lowest BCUT2D eigenvalue weighted by molar-refractivity contribution is 0.0478. The minimum atomic E-state index is -0.527. The van der Waals surface area contributed by atoms with Crippen molar-refractivity contribution in [3.8, 4) is 22.6 Å². The lowest BCUT2D eigenvalue weighted by atomic mass is 9.95.